The molecule has 2 N–H and O–H groups in total. The molecule has 0 saturated carbocycles. The van der Waals surface area contributed by atoms with Crippen molar-refractivity contribution in [2.24, 2.45) is 0 Å². The van der Waals surface area contributed by atoms with Gasteiger partial charge in [0.05, 0.1) is 18.7 Å². The second kappa shape index (κ2) is 8.40. The first-order valence-electron chi connectivity index (χ1n) is 8.87. The standard InChI is InChI=1S/C21H19F2NO5/c1-29-16-8-5-13(11-15(16)23)19(26)17-18(12-3-6-14(22)7-4-12)24(9-2-10-25)21(28)20(17)27/h3-8,11,18,25-26H,2,9-10H2,1H3/b19-17-. The first-order valence-corrected chi connectivity index (χ1v) is 8.87. The lowest BCUT2D eigenvalue weighted by Crippen LogP contribution is -2.31. The van der Waals surface area contributed by atoms with E-state index in [0.717, 1.165) is 6.07 Å². The van der Waals surface area contributed by atoms with Crippen LogP contribution in [0.5, 0.6) is 5.75 Å². The molecule has 0 aliphatic carbocycles. The van der Waals surface area contributed by atoms with Crippen molar-refractivity contribution in [3.8, 4) is 5.75 Å². The van der Waals surface area contributed by atoms with Gasteiger partial charge in [0.25, 0.3) is 11.7 Å². The van der Waals surface area contributed by atoms with Gasteiger partial charge in [-0.3, -0.25) is 9.59 Å². The normalized spacial score (nSPS) is 18.3. The Hall–Kier alpha value is -3.26. The Balaban J connectivity index is 2.15. The fourth-order valence-corrected chi connectivity index (χ4v) is 3.31. The van der Waals surface area contributed by atoms with Gasteiger partial charge in [-0.2, -0.15) is 0 Å². The number of ether oxygens (including phenoxy) is 1. The van der Waals surface area contributed by atoms with Crippen LogP contribution in [0.3, 0.4) is 0 Å². The number of Topliss-reactive ketones (excluding diaryl/α,β-unsaturated/α-hetero) is 1. The van der Waals surface area contributed by atoms with E-state index in [1.807, 2.05) is 0 Å². The van der Waals surface area contributed by atoms with Crippen molar-refractivity contribution in [3.63, 3.8) is 0 Å². The molecule has 1 unspecified atom stereocenters. The highest BCUT2D eigenvalue weighted by Crippen LogP contribution is 2.39. The molecule has 1 saturated heterocycles. The summed E-state index contributed by atoms with van der Waals surface area (Å²) in [4.78, 5) is 26.5. The van der Waals surface area contributed by atoms with Gasteiger partial charge < -0.3 is 19.8 Å². The van der Waals surface area contributed by atoms with Crippen LogP contribution in [-0.2, 0) is 9.59 Å². The van der Waals surface area contributed by atoms with Gasteiger partial charge in [0.15, 0.2) is 11.6 Å². The minimum absolute atomic E-state index is 0.00410. The molecule has 1 heterocycles. The fraction of sp³-hybridized carbons (Fsp3) is 0.238. The topological polar surface area (TPSA) is 87.1 Å². The van der Waals surface area contributed by atoms with E-state index in [0.29, 0.717) is 5.56 Å². The average molecular weight is 403 g/mol. The SMILES string of the molecule is COc1ccc(/C(O)=C2/C(=O)C(=O)N(CCCO)C2c2ccc(F)cc2)cc1F. The molecule has 0 spiro atoms. The molecular weight excluding hydrogens is 384 g/mol. The maximum absolute atomic E-state index is 14.1. The van der Waals surface area contributed by atoms with Crippen LogP contribution in [0.4, 0.5) is 8.78 Å². The number of ketones is 1. The van der Waals surface area contributed by atoms with E-state index in [2.05, 4.69) is 0 Å². The molecule has 0 radical (unpaired) electrons. The van der Waals surface area contributed by atoms with E-state index < -0.39 is 35.1 Å². The first kappa shape index (κ1) is 20.5. The second-order valence-corrected chi connectivity index (χ2v) is 6.47. The first-order chi connectivity index (χ1) is 13.9. The van der Waals surface area contributed by atoms with E-state index in [9.17, 15) is 23.5 Å². The van der Waals surface area contributed by atoms with Crippen molar-refractivity contribution < 1.29 is 33.3 Å². The summed E-state index contributed by atoms with van der Waals surface area (Å²) in [6, 6.07) is 7.81. The molecule has 2 aromatic rings. The third kappa shape index (κ3) is 3.84. The molecule has 1 aliphatic rings. The van der Waals surface area contributed by atoms with Crippen molar-refractivity contribution >= 4 is 17.4 Å². The zero-order valence-corrected chi connectivity index (χ0v) is 15.6. The second-order valence-electron chi connectivity index (χ2n) is 6.47. The maximum atomic E-state index is 14.1. The van der Waals surface area contributed by atoms with E-state index in [1.54, 1.807) is 0 Å². The lowest BCUT2D eigenvalue weighted by atomic mass is 9.95. The van der Waals surface area contributed by atoms with Crippen LogP contribution in [0.1, 0.15) is 23.6 Å². The predicted molar refractivity (Wildman–Crippen MR) is 100 cm³/mol. The zero-order valence-electron chi connectivity index (χ0n) is 15.6. The van der Waals surface area contributed by atoms with Crippen LogP contribution in [-0.4, -0.2) is 47.1 Å². The number of benzene rings is 2. The Morgan fingerprint density at radius 2 is 1.83 bits per heavy atom. The quantitative estimate of drug-likeness (QED) is 0.440. The molecule has 1 amide bonds. The average Bonchev–Trinajstić information content (AvgIpc) is 2.96. The lowest BCUT2D eigenvalue weighted by molar-refractivity contribution is -0.140. The smallest absolute Gasteiger partial charge is 0.295 e. The van der Waals surface area contributed by atoms with Crippen molar-refractivity contribution in [1.29, 1.82) is 0 Å². The van der Waals surface area contributed by atoms with Crippen molar-refractivity contribution in [1.82, 2.24) is 4.90 Å². The summed E-state index contributed by atoms with van der Waals surface area (Å²) in [7, 11) is 1.29. The van der Waals surface area contributed by atoms with Crippen molar-refractivity contribution in [3.05, 3.63) is 70.8 Å². The highest BCUT2D eigenvalue weighted by atomic mass is 19.1. The Morgan fingerprint density at radius 3 is 2.41 bits per heavy atom. The van der Waals surface area contributed by atoms with Gasteiger partial charge in [0, 0.05) is 18.7 Å². The summed E-state index contributed by atoms with van der Waals surface area (Å²) in [6.07, 6.45) is 0.210. The third-order valence-corrected chi connectivity index (χ3v) is 4.71. The summed E-state index contributed by atoms with van der Waals surface area (Å²) in [5.74, 6) is -3.64. The van der Waals surface area contributed by atoms with Gasteiger partial charge >= 0.3 is 0 Å². The number of hydrogen-bond donors (Lipinski definition) is 2. The maximum Gasteiger partial charge on any atom is 0.295 e. The van der Waals surface area contributed by atoms with Gasteiger partial charge in [0.1, 0.15) is 11.6 Å². The van der Waals surface area contributed by atoms with Crippen LogP contribution in [0, 0.1) is 11.6 Å². The van der Waals surface area contributed by atoms with Crippen molar-refractivity contribution in [2.75, 3.05) is 20.3 Å². The Kier molecular flexibility index (Phi) is 5.93. The summed E-state index contributed by atoms with van der Waals surface area (Å²) in [6.45, 7) is -0.153. The number of nitrogens with zero attached hydrogens (tertiary/aromatic N) is 1. The number of aliphatic hydroxyl groups is 2. The number of carbonyl (C=O) groups excluding carboxylic acids is 2. The fourth-order valence-electron chi connectivity index (χ4n) is 3.31. The van der Waals surface area contributed by atoms with Gasteiger partial charge in [0.2, 0.25) is 0 Å². The Labute approximate surface area is 165 Å². The highest BCUT2D eigenvalue weighted by molar-refractivity contribution is 6.46. The molecular formula is C21H19F2NO5. The molecule has 1 fully saturated rings. The molecule has 0 aromatic heterocycles. The number of likely N-dealkylation sites (tertiary alicyclic amines) is 1. The van der Waals surface area contributed by atoms with Gasteiger partial charge in [-0.25, -0.2) is 8.78 Å². The van der Waals surface area contributed by atoms with E-state index in [1.165, 1.54) is 48.4 Å². The minimum Gasteiger partial charge on any atom is -0.507 e. The largest absolute Gasteiger partial charge is 0.507 e. The summed E-state index contributed by atoms with van der Waals surface area (Å²) in [5.41, 5.74) is 0.166. The lowest BCUT2D eigenvalue weighted by Gasteiger charge is -2.25. The van der Waals surface area contributed by atoms with Gasteiger partial charge in [-0.15, -0.1) is 0 Å². The molecule has 3 rings (SSSR count). The molecule has 1 aliphatic heterocycles. The van der Waals surface area contributed by atoms with Gasteiger partial charge in [-0.05, 0) is 42.3 Å². The Bertz CT molecular complexity index is 972. The molecule has 8 heteroatoms. The van der Waals surface area contributed by atoms with Crippen LogP contribution >= 0.6 is 0 Å². The molecule has 1 atom stereocenters. The van der Waals surface area contributed by atoms with E-state index in [4.69, 9.17) is 9.84 Å². The molecule has 6 nitrogen and oxygen atoms in total. The van der Waals surface area contributed by atoms with E-state index >= 15 is 0 Å². The van der Waals surface area contributed by atoms with Crippen LogP contribution in [0.25, 0.3) is 5.76 Å². The number of halogens is 2. The molecule has 0 bridgehead atoms. The minimum atomic E-state index is -0.993. The summed E-state index contributed by atoms with van der Waals surface area (Å²) in [5, 5.41) is 19.9. The number of hydrogen-bond acceptors (Lipinski definition) is 5. The number of methoxy groups -OCH3 is 1. The van der Waals surface area contributed by atoms with E-state index in [-0.39, 0.29) is 36.5 Å². The number of rotatable bonds is 6. The highest BCUT2D eigenvalue weighted by Gasteiger charge is 2.45. The zero-order chi connectivity index (χ0) is 21.1. The van der Waals surface area contributed by atoms with Gasteiger partial charge in [-0.1, -0.05) is 12.1 Å². The number of carbonyl (C=O) groups is 2. The molecule has 2 aromatic carbocycles. The van der Waals surface area contributed by atoms with Crippen LogP contribution < -0.4 is 4.74 Å². The third-order valence-electron chi connectivity index (χ3n) is 4.71. The summed E-state index contributed by atoms with van der Waals surface area (Å²) >= 11 is 0. The molecule has 29 heavy (non-hydrogen) atoms. The number of amides is 1. The Morgan fingerprint density at radius 1 is 1.14 bits per heavy atom. The summed E-state index contributed by atoms with van der Waals surface area (Å²) < 4.78 is 32.3. The van der Waals surface area contributed by atoms with Crippen molar-refractivity contribution in [2.45, 2.75) is 12.5 Å². The molecule has 152 valence electrons. The van der Waals surface area contributed by atoms with Crippen LogP contribution in [0.2, 0.25) is 0 Å². The van der Waals surface area contributed by atoms with Crippen LogP contribution in [0.15, 0.2) is 48.0 Å². The monoisotopic (exact) mass is 403 g/mol. The number of aliphatic hydroxyl groups excluding tert-OH is 2. The predicted octanol–water partition coefficient (Wildman–Crippen LogP) is 2.78.